The van der Waals surface area contributed by atoms with Gasteiger partial charge in [0.2, 0.25) is 5.88 Å². The van der Waals surface area contributed by atoms with Gasteiger partial charge in [0.1, 0.15) is 0 Å². The topological polar surface area (TPSA) is 55.0 Å². The summed E-state index contributed by atoms with van der Waals surface area (Å²) in [7, 11) is 0. The molecule has 0 fully saturated rings. The molecule has 1 aromatic heterocycles. The number of esters is 1. The number of aromatic amines is 1. The molecular formula is C10H8CdN2O2. The molecule has 0 aliphatic carbocycles. The molecule has 0 aliphatic heterocycles. The average molecular weight is 301 g/mol. The van der Waals surface area contributed by atoms with Crippen molar-refractivity contribution in [1.82, 2.24) is 9.97 Å². The van der Waals surface area contributed by atoms with E-state index >= 15 is 0 Å². The fraction of sp³-hybridized carbons (Fsp3) is 0. The second-order valence-corrected chi connectivity index (χ2v) is 2.67. The number of hydrogen-bond donors (Lipinski definition) is 1. The molecule has 0 radical (unpaired) electrons. The van der Waals surface area contributed by atoms with Crippen LogP contribution in [0.15, 0.2) is 42.9 Å². The predicted octanol–water partition coefficient (Wildman–Crippen LogP) is 1.63. The van der Waals surface area contributed by atoms with Gasteiger partial charge in [-0.3, -0.25) is 0 Å². The number of hydrogen-bond acceptors (Lipinski definition) is 3. The van der Waals surface area contributed by atoms with Gasteiger partial charge in [-0.05, 0) is 12.1 Å². The Kier molecular flexibility index (Phi) is 4.47. The molecule has 0 aliphatic rings. The van der Waals surface area contributed by atoms with Crippen molar-refractivity contribution in [1.29, 1.82) is 0 Å². The van der Waals surface area contributed by atoms with Crippen LogP contribution in [-0.2, 0) is 27.3 Å². The van der Waals surface area contributed by atoms with Crippen molar-refractivity contribution in [2.75, 3.05) is 0 Å². The Morgan fingerprint density at radius 3 is 2.60 bits per heavy atom. The normalized spacial score (nSPS) is 9.07. The van der Waals surface area contributed by atoms with Crippen molar-refractivity contribution in [3.8, 4) is 5.88 Å². The third-order valence-electron chi connectivity index (χ3n) is 1.69. The van der Waals surface area contributed by atoms with Crippen molar-refractivity contribution >= 4 is 5.97 Å². The molecule has 1 aromatic carbocycles. The summed E-state index contributed by atoms with van der Waals surface area (Å²) in [4.78, 5) is 17.9. The Hall–Kier alpha value is -1.18. The SMILES string of the molecule is O=C(Oc1cnc[nH]1)c1ccccc1.[Cd]. The Bertz CT molecular complexity index is 414. The van der Waals surface area contributed by atoms with Gasteiger partial charge < -0.3 is 9.72 Å². The number of H-pyrrole nitrogens is 1. The van der Waals surface area contributed by atoms with E-state index in [1.807, 2.05) is 6.07 Å². The van der Waals surface area contributed by atoms with E-state index in [0.29, 0.717) is 11.4 Å². The molecule has 2 rings (SSSR count). The van der Waals surface area contributed by atoms with Crippen LogP contribution in [0, 0.1) is 0 Å². The van der Waals surface area contributed by atoms with Crippen LogP contribution in [0.5, 0.6) is 5.88 Å². The van der Waals surface area contributed by atoms with Gasteiger partial charge in [-0.2, -0.15) is 0 Å². The van der Waals surface area contributed by atoms with E-state index in [1.165, 1.54) is 12.5 Å². The summed E-state index contributed by atoms with van der Waals surface area (Å²) in [5.41, 5.74) is 0.516. The van der Waals surface area contributed by atoms with E-state index < -0.39 is 5.97 Å². The van der Waals surface area contributed by atoms with Gasteiger partial charge in [0.05, 0.1) is 18.1 Å². The molecule has 0 amide bonds. The maximum Gasteiger partial charge on any atom is 0.344 e. The zero-order valence-electron chi connectivity index (χ0n) is 8.01. The summed E-state index contributed by atoms with van der Waals surface area (Å²) < 4.78 is 4.98. The van der Waals surface area contributed by atoms with Gasteiger partial charge in [-0.25, -0.2) is 9.78 Å². The van der Waals surface area contributed by atoms with Crippen LogP contribution in [-0.4, -0.2) is 15.9 Å². The molecule has 0 unspecified atom stereocenters. The van der Waals surface area contributed by atoms with Gasteiger partial charge in [-0.15, -0.1) is 0 Å². The zero-order chi connectivity index (χ0) is 9.80. The van der Waals surface area contributed by atoms with Crippen LogP contribution < -0.4 is 4.74 Å². The Morgan fingerprint density at radius 2 is 2.00 bits per heavy atom. The monoisotopic (exact) mass is 302 g/mol. The van der Waals surface area contributed by atoms with Gasteiger partial charge in [0.15, 0.2) is 0 Å². The molecule has 0 saturated heterocycles. The zero-order valence-corrected chi connectivity index (χ0v) is 12.0. The van der Waals surface area contributed by atoms with Crippen molar-refractivity contribution in [3.63, 3.8) is 0 Å². The number of aromatic nitrogens is 2. The maximum atomic E-state index is 11.4. The van der Waals surface area contributed by atoms with Crippen LogP contribution in [0.25, 0.3) is 0 Å². The first-order chi connectivity index (χ1) is 6.86. The summed E-state index contributed by atoms with van der Waals surface area (Å²) in [6, 6.07) is 8.79. The Morgan fingerprint density at radius 1 is 1.27 bits per heavy atom. The minimum atomic E-state index is -0.394. The first-order valence-electron chi connectivity index (χ1n) is 4.12. The van der Waals surface area contributed by atoms with Gasteiger partial charge in [-0.1, -0.05) is 18.2 Å². The number of carbonyl (C=O) groups is 1. The second-order valence-electron chi connectivity index (χ2n) is 2.67. The fourth-order valence-electron chi connectivity index (χ4n) is 1.03. The molecule has 0 saturated carbocycles. The third-order valence-corrected chi connectivity index (χ3v) is 1.69. The van der Waals surface area contributed by atoms with Crippen LogP contribution in [0.4, 0.5) is 0 Å². The second kappa shape index (κ2) is 5.64. The molecule has 1 heterocycles. The van der Waals surface area contributed by atoms with Crippen LogP contribution in [0.3, 0.4) is 0 Å². The van der Waals surface area contributed by atoms with E-state index in [1.54, 1.807) is 24.3 Å². The molecule has 0 bridgehead atoms. The van der Waals surface area contributed by atoms with Crippen LogP contribution >= 0.6 is 0 Å². The van der Waals surface area contributed by atoms with Gasteiger partial charge in [0, 0.05) is 27.3 Å². The van der Waals surface area contributed by atoms with E-state index in [2.05, 4.69) is 9.97 Å². The first kappa shape index (κ1) is 11.9. The van der Waals surface area contributed by atoms with Crippen molar-refractivity contribution in [3.05, 3.63) is 48.4 Å². The minimum absolute atomic E-state index is 0. The molecule has 1 N–H and O–H groups in total. The summed E-state index contributed by atoms with van der Waals surface area (Å²) in [6.45, 7) is 0. The number of rotatable bonds is 2. The summed E-state index contributed by atoms with van der Waals surface area (Å²) >= 11 is 0. The molecule has 5 heteroatoms. The summed E-state index contributed by atoms with van der Waals surface area (Å²) in [5, 5.41) is 0. The predicted molar refractivity (Wildman–Crippen MR) is 50.0 cm³/mol. The van der Waals surface area contributed by atoms with Crippen LogP contribution in [0.2, 0.25) is 0 Å². The molecule has 72 valence electrons. The van der Waals surface area contributed by atoms with Crippen molar-refractivity contribution in [2.24, 2.45) is 0 Å². The number of carbonyl (C=O) groups excluding carboxylic acids is 1. The molecule has 0 spiro atoms. The molecule has 4 nitrogen and oxygen atoms in total. The number of nitrogens with one attached hydrogen (secondary N) is 1. The Labute approximate surface area is 107 Å². The number of nitrogens with zero attached hydrogens (tertiary/aromatic N) is 1. The Balaban J connectivity index is 0.00000112. The van der Waals surface area contributed by atoms with Crippen molar-refractivity contribution < 1.29 is 36.8 Å². The molecule has 0 atom stereocenters. The third kappa shape index (κ3) is 3.15. The van der Waals surface area contributed by atoms with E-state index in [-0.39, 0.29) is 27.3 Å². The van der Waals surface area contributed by atoms with Crippen molar-refractivity contribution in [2.45, 2.75) is 0 Å². The average Bonchev–Trinajstić information content (AvgIpc) is 2.72. The van der Waals surface area contributed by atoms with Gasteiger partial charge >= 0.3 is 5.97 Å². The van der Waals surface area contributed by atoms with E-state index in [0.717, 1.165) is 0 Å². The molecular weight excluding hydrogens is 293 g/mol. The first-order valence-corrected chi connectivity index (χ1v) is 4.12. The fourth-order valence-corrected chi connectivity index (χ4v) is 1.03. The largest absolute Gasteiger partial charge is 0.404 e. The van der Waals surface area contributed by atoms with E-state index in [4.69, 9.17) is 4.74 Å². The molecule has 15 heavy (non-hydrogen) atoms. The van der Waals surface area contributed by atoms with E-state index in [9.17, 15) is 4.79 Å². The quantitative estimate of drug-likeness (QED) is 0.677. The van der Waals surface area contributed by atoms with Gasteiger partial charge in [0.25, 0.3) is 0 Å². The number of imidazole rings is 1. The maximum absolute atomic E-state index is 11.4. The molecule has 2 aromatic rings. The van der Waals surface area contributed by atoms with Crippen LogP contribution in [0.1, 0.15) is 10.4 Å². The summed E-state index contributed by atoms with van der Waals surface area (Å²) in [6.07, 6.45) is 2.90. The smallest absolute Gasteiger partial charge is 0.344 e. The minimum Gasteiger partial charge on any atom is -0.404 e. The summed E-state index contributed by atoms with van der Waals surface area (Å²) in [5.74, 6) is -0.0475. The number of ether oxygens (including phenoxy) is 1. The standard InChI is InChI=1S/C10H8N2O2.Cd/c13-10(8-4-2-1-3-5-8)14-9-6-11-7-12-9;/h1-7H,(H,11,12);. The number of benzene rings is 1.